The summed E-state index contributed by atoms with van der Waals surface area (Å²) in [6.45, 7) is 5.88. The molecule has 3 aromatic carbocycles. The molecule has 11 heteroatoms. The Kier molecular flexibility index (Phi) is 12.8. The highest BCUT2D eigenvalue weighted by atomic mass is 35.5. The van der Waals surface area contributed by atoms with Gasteiger partial charge in [-0.1, -0.05) is 84.2 Å². The highest BCUT2D eigenvalue weighted by molar-refractivity contribution is 7.92. The first-order chi connectivity index (χ1) is 20.3. The minimum atomic E-state index is -3.66. The molecule has 0 saturated carbocycles. The molecule has 0 aliphatic rings. The molecule has 3 rings (SSSR count). The molecular formula is C32H38Cl3N3O4S. The van der Waals surface area contributed by atoms with Crippen molar-refractivity contribution in [3.8, 4) is 0 Å². The number of hydrogen-bond acceptors (Lipinski definition) is 4. The number of nitrogens with one attached hydrogen (secondary N) is 1. The van der Waals surface area contributed by atoms with Crippen molar-refractivity contribution < 1.29 is 18.0 Å². The molecule has 2 amide bonds. The molecule has 7 nitrogen and oxygen atoms in total. The van der Waals surface area contributed by atoms with E-state index in [2.05, 4.69) is 5.32 Å². The number of nitrogens with zero attached hydrogens (tertiary/aromatic N) is 2. The lowest BCUT2D eigenvalue weighted by atomic mass is 10.0. The van der Waals surface area contributed by atoms with Crippen LogP contribution in [0.1, 0.15) is 49.8 Å². The van der Waals surface area contributed by atoms with Crippen molar-refractivity contribution in [3.63, 3.8) is 0 Å². The molecule has 0 bridgehead atoms. The monoisotopic (exact) mass is 665 g/mol. The van der Waals surface area contributed by atoms with E-state index in [1.54, 1.807) is 48.2 Å². The van der Waals surface area contributed by atoms with Gasteiger partial charge in [0.05, 0.1) is 22.0 Å². The van der Waals surface area contributed by atoms with Gasteiger partial charge in [-0.3, -0.25) is 13.9 Å². The van der Waals surface area contributed by atoms with Gasteiger partial charge in [-0.25, -0.2) is 8.42 Å². The Morgan fingerprint density at radius 3 is 2.26 bits per heavy atom. The van der Waals surface area contributed by atoms with Crippen LogP contribution < -0.4 is 9.62 Å². The Morgan fingerprint density at radius 2 is 1.63 bits per heavy atom. The summed E-state index contributed by atoms with van der Waals surface area (Å²) in [5.41, 5.74) is 2.82. The van der Waals surface area contributed by atoms with Crippen LogP contribution in [0.2, 0.25) is 15.1 Å². The Labute approximate surface area is 270 Å². The first-order valence-electron chi connectivity index (χ1n) is 14.1. The highest BCUT2D eigenvalue weighted by Gasteiger charge is 2.31. The second-order valence-corrected chi connectivity index (χ2v) is 13.8. The minimum absolute atomic E-state index is 0.00879. The van der Waals surface area contributed by atoms with Crippen molar-refractivity contribution in [1.29, 1.82) is 0 Å². The smallest absolute Gasteiger partial charge is 0.243 e. The third-order valence-corrected chi connectivity index (χ3v) is 9.36. The molecule has 0 aliphatic carbocycles. The maximum absolute atomic E-state index is 14.0. The first-order valence-corrected chi connectivity index (χ1v) is 17.1. The van der Waals surface area contributed by atoms with Crippen LogP contribution in [0.5, 0.6) is 0 Å². The molecule has 3 aromatic rings. The maximum Gasteiger partial charge on any atom is 0.243 e. The van der Waals surface area contributed by atoms with Gasteiger partial charge in [-0.05, 0) is 67.6 Å². The van der Waals surface area contributed by atoms with E-state index in [-0.39, 0.29) is 43.8 Å². The lowest BCUT2D eigenvalue weighted by Gasteiger charge is -2.33. The first kappa shape index (κ1) is 34.7. The maximum atomic E-state index is 14.0. The van der Waals surface area contributed by atoms with Crippen molar-refractivity contribution in [2.45, 2.75) is 65.1 Å². The number of anilines is 1. The summed E-state index contributed by atoms with van der Waals surface area (Å²) in [5, 5.41) is 4.18. The number of carbonyl (C=O) groups is 2. The molecule has 0 heterocycles. The Balaban J connectivity index is 1.93. The van der Waals surface area contributed by atoms with Gasteiger partial charge in [0.2, 0.25) is 21.8 Å². The van der Waals surface area contributed by atoms with Crippen molar-refractivity contribution >= 4 is 62.3 Å². The summed E-state index contributed by atoms with van der Waals surface area (Å²) < 4.78 is 26.8. The quantitative estimate of drug-likeness (QED) is 0.200. The lowest BCUT2D eigenvalue weighted by molar-refractivity contribution is -0.141. The van der Waals surface area contributed by atoms with Crippen LogP contribution in [0.4, 0.5) is 5.69 Å². The van der Waals surface area contributed by atoms with Crippen LogP contribution >= 0.6 is 34.8 Å². The molecule has 0 aliphatic heterocycles. The highest BCUT2D eigenvalue weighted by Crippen LogP contribution is 2.28. The van der Waals surface area contributed by atoms with E-state index in [9.17, 15) is 18.0 Å². The predicted octanol–water partition coefficient (Wildman–Crippen LogP) is 7.06. The number of sulfonamides is 1. The van der Waals surface area contributed by atoms with Crippen LogP contribution in [0, 0.1) is 6.92 Å². The molecule has 2 atom stereocenters. The summed E-state index contributed by atoms with van der Waals surface area (Å²) in [6.07, 6.45) is 2.39. The summed E-state index contributed by atoms with van der Waals surface area (Å²) in [5.74, 6) is -0.554. The fourth-order valence-corrected chi connectivity index (χ4v) is 6.17. The Morgan fingerprint density at radius 1 is 0.930 bits per heavy atom. The SMILES string of the molecule is CCC(C)NC(=O)C(Cc1ccccc1)N(Cc1ccc(Cl)c(Cl)c1)C(=O)CCCN(c1cc(Cl)ccc1C)S(C)(=O)=O. The fraction of sp³-hybridized carbons (Fsp3) is 0.375. The van der Waals surface area contributed by atoms with Crippen molar-refractivity contribution in [2.24, 2.45) is 0 Å². The molecule has 2 unspecified atom stereocenters. The summed E-state index contributed by atoms with van der Waals surface area (Å²) in [6, 6.07) is 18.8. The van der Waals surface area contributed by atoms with Gasteiger partial charge in [0.15, 0.2) is 0 Å². The number of rotatable bonds is 14. The van der Waals surface area contributed by atoms with E-state index >= 15 is 0 Å². The van der Waals surface area contributed by atoms with Crippen LogP contribution in [-0.4, -0.2) is 50.0 Å². The number of hydrogen-bond donors (Lipinski definition) is 1. The van der Waals surface area contributed by atoms with E-state index in [4.69, 9.17) is 34.8 Å². The number of carbonyl (C=O) groups excluding carboxylic acids is 2. The zero-order valence-corrected chi connectivity index (χ0v) is 27.9. The van der Waals surface area contributed by atoms with E-state index in [0.717, 1.165) is 23.8 Å². The van der Waals surface area contributed by atoms with Crippen LogP contribution in [0.15, 0.2) is 66.7 Å². The molecular weight excluding hydrogens is 629 g/mol. The van der Waals surface area contributed by atoms with Gasteiger partial charge in [-0.2, -0.15) is 0 Å². The summed E-state index contributed by atoms with van der Waals surface area (Å²) in [7, 11) is -3.66. The molecule has 0 saturated heterocycles. The van der Waals surface area contributed by atoms with Gasteiger partial charge in [0.25, 0.3) is 0 Å². The van der Waals surface area contributed by atoms with E-state index in [0.29, 0.717) is 32.7 Å². The van der Waals surface area contributed by atoms with Gasteiger partial charge < -0.3 is 10.2 Å². The van der Waals surface area contributed by atoms with Gasteiger partial charge in [0, 0.05) is 37.0 Å². The summed E-state index contributed by atoms with van der Waals surface area (Å²) in [4.78, 5) is 29.2. The average molecular weight is 667 g/mol. The molecule has 0 radical (unpaired) electrons. The second kappa shape index (κ2) is 15.8. The third-order valence-electron chi connectivity index (χ3n) is 7.20. The summed E-state index contributed by atoms with van der Waals surface area (Å²) >= 11 is 18.6. The second-order valence-electron chi connectivity index (χ2n) is 10.7. The lowest BCUT2D eigenvalue weighted by Crippen LogP contribution is -2.52. The average Bonchev–Trinajstić information content (AvgIpc) is 2.96. The fourth-order valence-electron chi connectivity index (χ4n) is 4.66. The predicted molar refractivity (Wildman–Crippen MR) is 176 cm³/mol. The zero-order valence-electron chi connectivity index (χ0n) is 24.8. The van der Waals surface area contributed by atoms with E-state index in [1.807, 2.05) is 44.2 Å². The van der Waals surface area contributed by atoms with Gasteiger partial charge >= 0.3 is 0 Å². The minimum Gasteiger partial charge on any atom is -0.352 e. The number of halogens is 3. The molecule has 0 aromatic heterocycles. The zero-order chi connectivity index (χ0) is 31.7. The van der Waals surface area contributed by atoms with Crippen molar-refractivity contribution in [3.05, 3.63) is 98.5 Å². The van der Waals surface area contributed by atoms with Crippen LogP contribution in [0.3, 0.4) is 0 Å². The van der Waals surface area contributed by atoms with Crippen molar-refractivity contribution in [1.82, 2.24) is 10.2 Å². The van der Waals surface area contributed by atoms with Gasteiger partial charge in [0.1, 0.15) is 6.04 Å². The standard InChI is InChI=1S/C32H38Cl3N3O4S/c1-5-23(3)36-32(40)30(19-24-10-7-6-8-11-24)37(21-25-14-16-27(34)28(35)18-25)31(39)12-9-17-38(43(4,41)42)29-20-26(33)15-13-22(29)2/h6-8,10-11,13-16,18,20,23,30H,5,9,12,17,19,21H2,1-4H3,(H,36,40). The van der Waals surface area contributed by atoms with E-state index in [1.165, 1.54) is 4.31 Å². The van der Waals surface area contributed by atoms with Gasteiger partial charge in [-0.15, -0.1) is 0 Å². The van der Waals surface area contributed by atoms with Crippen LogP contribution in [-0.2, 0) is 32.6 Å². The van der Waals surface area contributed by atoms with Crippen LogP contribution in [0.25, 0.3) is 0 Å². The van der Waals surface area contributed by atoms with E-state index < -0.39 is 16.1 Å². The number of aryl methyl sites for hydroxylation is 1. The molecule has 0 fully saturated rings. The molecule has 0 spiro atoms. The molecule has 1 N–H and O–H groups in total. The Hall–Kier alpha value is -2.78. The largest absolute Gasteiger partial charge is 0.352 e. The number of benzene rings is 3. The number of amides is 2. The third kappa shape index (κ3) is 10.1. The Bertz CT molecular complexity index is 1520. The molecule has 43 heavy (non-hydrogen) atoms. The van der Waals surface area contributed by atoms with Crippen molar-refractivity contribution in [2.75, 3.05) is 17.1 Å². The molecule has 232 valence electrons. The topological polar surface area (TPSA) is 86.8 Å². The normalized spacial score (nSPS) is 12.8.